The Labute approximate surface area is 85.6 Å². The molecule has 0 atom stereocenters. The zero-order valence-electron chi connectivity index (χ0n) is 9.28. The van der Waals surface area contributed by atoms with Crippen LogP contribution < -0.4 is 9.80 Å². The lowest BCUT2D eigenvalue weighted by atomic mass is 10.3. The highest BCUT2D eigenvalue weighted by Gasteiger charge is 2.09. The summed E-state index contributed by atoms with van der Waals surface area (Å²) in [7, 11) is 6.01. The number of hydrogen-bond acceptors (Lipinski definition) is 4. The number of nitrogens with zero attached hydrogens (tertiary/aromatic N) is 4. The molecule has 1 rings (SSSR count). The van der Waals surface area contributed by atoms with Crippen LogP contribution in [0.4, 0.5) is 11.5 Å². The van der Waals surface area contributed by atoms with Crippen molar-refractivity contribution in [1.82, 2.24) is 9.97 Å². The second-order valence-corrected chi connectivity index (χ2v) is 3.49. The number of rotatable bonds is 4. The number of aromatic nitrogens is 2. The van der Waals surface area contributed by atoms with Crippen molar-refractivity contribution >= 4 is 11.5 Å². The van der Waals surface area contributed by atoms with E-state index in [1.165, 1.54) is 0 Å². The molecule has 0 fully saturated rings. The molecule has 0 aliphatic carbocycles. The van der Waals surface area contributed by atoms with Gasteiger partial charge >= 0.3 is 0 Å². The van der Waals surface area contributed by atoms with E-state index >= 15 is 0 Å². The van der Waals surface area contributed by atoms with E-state index in [0.717, 1.165) is 24.5 Å². The molecule has 0 aliphatic heterocycles. The van der Waals surface area contributed by atoms with E-state index in [2.05, 4.69) is 28.1 Å². The first-order valence-electron chi connectivity index (χ1n) is 4.78. The molecule has 0 bridgehead atoms. The summed E-state index contributed by atoms with van der Waals surface area (Å²) in [6, 6.07) is 0. The van der Waals surface area contributed by atoms with Gasteiger partial charge in [0.1, 0.15) is 0 Å². The molecule has 0 amide bonds. The largest absolute Gasteiger partial charge is 0.373 e. The number of hydrogen-bond donors (Lipinski definition) is 0. The van der Waals surface area contributed by atoms with Gasteiger partial charge in [-0.05, 0) is 6.42 Å². The van der Waals surface area contributed by atoms with Crippen molar-refractivity contribution in [2.75, 3.05) is 37.5 Å². The molecule has 0 N–H and O–H groups in total. The fourth-order valence-corrected chi connectivity index (χ4v) is 1.32. The molecule has 0 saturated heterocycles. The average molecular weight is 193 g/mol. The van der Waals surface area contributed by atoms with Crippen LogP contribution in [0.1, 0.15) is 13.3 Å². The molecular weight excluding hydrogens is 176 g/mol. The van der Waals surface area contributed by atoms with Crippen LogP contribution in [0.15, 0.2) is 6.20 Å². The third-order valence-corrected chi connectivity index (χ3v) is 2.03. The van der Waals surface area contributed by atoms with Gasteiger partial charge < -0.3 is 9.80 Å². The quantitative estimate of drug-likeness (QED) is 0.719. The molecule has 1 aromatic rings. The van der Waals surface area contributed by atoms with Crippen LogP contribution in [0.5, 0.6) is 0 Å². The molecular formula is C10H17N4. The molecule has 0 unspecified atom stereocenters. The fourth-order valence-electron chi connectivity index (χ4n) is 1.32. The summed E-state index contributed by atoms with van der Waals surface area (Å²) in [6.07, 6.45) is 5.52. The predicted molar refractivity (Wildman–Crippen MR) is 58.8 cm³/mol. The van der Waals surface area contributed by atoms with Crippen molar-refractivity contribution in [3.05, 3.63) is 12.5 Å². The van der Waals surface area contributed by atoms with Gasteiger partial charge in [0.2, 0.25) is 0 Å². The fraction of sp³-hybridized carbons (Fsp3) is 0.600. The van der Waals surface area contributed by atoms with Crippen LogP contribution in [0.3, 0.4) is 0 Å². The van der Waals surface area contributed by atoms with Crippen molar-refractivity contribution in [3.8, 4) is 0 Å². The minimum Gasteiger partial charge on any atom is -0.373 e. The highest BCUT2D eigenvalue weighted by molar-refractivity contribution is 5.64. The molecule has 0 spiro atoms. The van der Waals surface area contributed by atoms with Gasteiger partial charge in [-0.2, -0.15) is 0 Å². The standard InChI is InChI=1S/C10H17N4/c1-5-6-14(4)10-9(13(2)3)7-11-8-12-10/h7H,5-6H2,1-4H3. The topological polar surface area (TPSA) is 32.3 Å². The molecule has 1 aromatic heterocycles. The Kier molecular flexibility index (Phi) is 3.68. The Morgan fingerprint density at radius 1 is 1.36 bits per heavy atom. The first-order valence-corrected chi connectivity index (χ1v) is 4.78. The number of anilines is 2. The summed E-state index contributed by atoms with van der Waals surface area (Å²) in [4.78, 5) is 12.2. The zero-order chi connectivity index (χ0) is 10.6. The zero-order valence-corrected chi connectivity index (χ0v) is 9.28. The predicted octanol–water partition coefficient (Wildman–Crippen LogP) is 1.19. The smallest absolute Gasteiger partial charge is 0.199 e. The van der Waals surface area contributed by atoms with E-state index in [1.807, 2.05) is 26.0 Å². The van der Waals surface area contributed by atoms with E-state index in [0.29, 0.717) is 0 Å². The Morgan fingerprint density at radius 3 is 2.64 bits per heavy atom. The van der Waals surface area contributed by atoms with Crippen LogP contribution in [-0.2, 0) is 0 Å². The summed E-state index contributed by atoms with van der Waals surface area (Å²) < 4.78 is 0. The van der Waals surface area contributed by atoms with Gasteiger partial charge in [0.15, 0.2) is 12.1 Å². The molecule has 14 heavy (non-hydrogen) atoms. The van der Waals surface area contributed by atoms with E-state index in [4.69, 9.17) is 0 Å². The third kappa shape index (κ3) is 2.34. The van der Waals surface area contributed by atoms with Gasteiger partial charge in [-0.15, -0.1) is 0 Å². The first kappa shape index (κ1) is 10.8. The van der Waals surface area contributed by atoms with Gasteiger partial charge in [-0.3, -0.25) is 0 Å². The lowest BCUT2D eigenvalue weighted by Gasteiger charge is -2.22. The molecule has 1 heterocycles. The van der Waals surface area contributed by atoms with Crippen molar-refractivity contribution in [1.29, 1.82) is 0 Å². The monoisotopic (exact) mass is 193 g/mol. The van der Waals surface area contributed by atoms with Gasteiger partial charge in [0, 0.05) is 27.7 Å². The van der Waals surface area contributed by atoms with Crippen LogP contribution >= 0.6 is 0 Å². The normalized spacial score (nSPS) is 10.0. The molecule has 4 heteroatoms. The summed E-state index contributed by atoms with van der Waals surface area (Å²) in [5.41, 5.74) is 1.03. The maximum atomic E-state index is 4.17. The van der Waals surface area contributed by atoms with Gasteiger partial charge in [-0.25, -0.2) is 9.97 Å². The lowest BCUT2D eigenvalue weighted by Crippen LogP contribution is -2.23. The SMILES string of the molecule is CCCN(C)c1n[c]ncc1N(C)C. The maximum Gasteiger partial charge on any atom is 0.199 e. The van der Waals surface area contributed by atoms with Crippen molar-refractivity contribution in [2.45, 2.75) is 13.3 Å². The summed E-state index contributed by atoms with van der Waals surface area (Å²) in [5, 5.41) is 0. The molecule has 4 nitrogen and oxygen atoms in total. The molecule has 1 radical (unpaired) electrons. The van der Waals surface area contributed by atoms with E-state index in [1.54, 1.807) is 6.20 Å². The van der Waals surface area contributed by atoms with Gasteiger partial charge in [0.25, 0.3) is 0 Å². The lowest BCUT2D eigenvalue weighted by molar-refractivity contribution is 0.830. The minimum atomic E-state index is 0.937. The van der Waals surface area contributed by atoms with E-state index in [-0.39, 0.29) is 0 Å². The highest BCUT2D eigenvalue weighted by atomic mass is 15.2. The summed E-state index contributed by atoms with van der Waals surface area (Å²) >= 11 is 0. The summed E-state index contributed by atoms with van der Waals surface area (Å²) in [5.74, 6) is 0.937. The second-order valence-electron chi connectivity index (χ2n) is 3.49. The van der Waals surface area contributed by atoms with E-state index in [9.17, 15) is 0 Å². The Bertz CT molecular complexity index is 285. The van der Waals surface area contributed by atoms with Crippen LogP contribution in [-0.4, -0.2) is 37.7 Å². The average Bonchev–Trinajstić information content (AvgIpc) is 2.18. The van der Waals surface area contributed by atoms with Crippen LogP contribution in [0.25, 0.3) is 0 Å². The maximum absolute atomic E-state index is 4.17. The Morgan fingerprint density at radius 2 is 2.07 bits per heavy atom. The highest BCUT2D eigenvalue weighted by Crippen LogP contribution is 2.22. The Hall–Kier alpha value is -1.32. The molecule has 0 aromatic carbocycles. The van der Waals surface area contributed by atoms with Crippen molar-refractivity contribution in [2.24, 2.45) is 0 Å². The minimum absolute atomic E-state index is 0.937. The summed E-state index contributed by atoms with van der Waals surface area (Å²) in [6.45, 7) is 3.14. The molecule has 0 saturated carbocycles. The van der Waals surface area contributed by atoms with Gasteiger partial charge in [0.05, 0.1) is 11.9 Å². The first-order chi connectivity index (χ1) is 6.66. The van der Waals surface area contributed by atoms with Crippen molar-refractivity contribution in [3.63, 3.8) is 0 Å². The van der Waals surface area contributed by atoms with Crippen molar-refractivity contribution < 1.29 is 0 Å². The Balaban J connectivity index is 2.94. The molecule has 0 aliphatic rings. The second kappa shape index (κ2) is 4.79. The van der Waals surface area contributed by atoms with Crippen LogP contribution in [0.2, 0.25) is 0 Å². The third-order valence-electron chi connectivity index (χ3n) is 2.03. The molecule has 77 valence electrons. The van der Waals surface area contributed by atoms with Gasteiger partial charge in [-0.1, -0.05) is 6.92 Å². The van der Waals surface area contributed by atoms with E-state index < -0.39 is 0 Å². The van der Waals surface area contributed by atoms with Crippen LogP contribution in [0, 0.1) is 6.33 Å².